The van der Waals surface area contributed by atoms with Crippen molar-refractivity contribution in [2.45, 2.75) is 13.3 Å². The van der Waals surface area contributed by atoms with Crippen molar-refractivity contribution in [1.82, 2.24) is 9.97 Å². The predicted octanol–water partition coefficient (Wildman–Crippen LogP) is 1.99. The Morgan fingerprint density at radius 2 is 2.35 bits per heavy atom. The Hall–Kier alpha value is -1.69. The van der Waals surface area contributed by atoms with Crippen molar-refractivity contribution >= 4 is 33.3 Å². The second-order valence-electron chi connectivity index (χ2n) is 3.56. The second kappa shape index (κ2) is 5.09. The molecule has 0 aromatic carbocycles. The number of aliphatic carboxylic acids is 1. The van der Waals surface area contributed by atoms with E-state index in [0.29, 0.717) is 6.54 Å². The van der Waals surface area contributed by atoms with Crippen molar-refractivity contribution in [3.8, 4) is 0 Å². The van der Waals surface area contributed by atoms with Gasteiger partial charge in [0.1, 0.15) is 12.1 Å². The highest BCUT2D eigenvalue weighted by atomic mass is 32.1. The Bertz CT molecular complexity index is 526. The van der Waals surface area contributed by atoms with Gasteiger partial charge in [-0.2, -0.15) is 0 Å². The van der Waals surface area contributed by atoms with Crippen LogP contribution in [-0.4, -0.2) is 34.1 Å². The van der Waals surface area contributed by atoms with E-state index in [9.17, 15) is 4.79 Å². The zero-order valence-corrected chi connectivity index (χ0v) is 10.3. The predicted molar refractivity (Wildman–Crippen MR) is 67.6 cm³/mol. The number of nitrogens with zero attached hydrogens (tertiary/aromatic N) is 3. The molecule has 1 N–H and O–H groups in total. The SMILES string of the molecule is CCN(CCC(=O)O)c1ncnc2ccsc12. The summed E-state index contributed by atoms with van der Waals surface area (Å²) < 4.78 is 1.01. The number of carboxylic acids is 1. The van der Waals surface area contributed by atoms with Gasteiger partial charge >= 0.3 is 5.97 Å². The summed E-state index contributed by atoms with van der Waals surface area (Å²) in [6.45, 7) is 3.19. The smallest absolute Gasteiger partial charge is 0.305 e. The van der Waals surface area contributed by atoms with Crippen LogP contribution in [0.25, 0.3) is 10.2 Å². The minimum absolute atomic E-state index is 0.116. The largest absolute Gasteiger partial charge is 0.481 e. The number of aromatic nitrogens is 2. The number of hydrogen-bond donors (Lipinski definition) is 1. The highest BCUT2D eigenvalue weighted by molar-refractivity contribution is 7.17. The number of rotatable bonds is 5. The third-order valence-corrected chi connectivity index (χ3v) is 3.40. The topological polar surface area (TPSA) is 66.3 Å². The summed E-state index contributed by atoms with van der Waals surface area (Å²) in [5.41, 5.74) is 0.911. The summed E-state index contributed by atoms with van der Waals surface area (Å²) >= 11 is 1.58. The molecule has 0 aliphatic rings. The van der Waals surface area contributed by atoms with E-state index < -0.39 is 5.97 Å². The van der Waals surface area contributed by atoms with Crippen LogP contribution in [0.15, 0.2) is 17.8 Å². The molecule has 0 bridgehead atoms. The molecule has 2 aromatic heterocycles. The maximum Gasteiger partial charge on any atom is 0.305 e. The summed E-state index contributed by atoms with van der Waals surface area (Å²) in [5, 5.41) is 10.7. The fraction of sp³-hybridized carbons (Fsp3) is 0.364. The first-order valence-electron chi connectivity index (χ1n) is 5.37. The van der Waals surface area contributed by atoms with Gasteiger partial charge in [0.25, 0.3) is 0 Å². The normalized spacial score (nSPS) is 10.6. The van der Waals surface area contributed by atoms with Crippen molar-refractivity contribution in [3.63, 3.8) is 0 Å². The van der Waals surface area contributed by atoms with E-state index >= 15 is 0 Å². The van der Waals surface area contributed by atoms with Crippen LogP contribution in [0.4, 0.5) is 5.82 Å². The number of hydrogen-bond acceptors (Lipinski definition) is 5. The van der Waals surface area contributed by atoms with Crippen LogP contribution in [0.5, 0.6) is 0 Å². The summed E-state index contributed by atoms with van der Waals surface area (Å²) in [6.07, 6.45) is 1.64. The quantitative estimate of drug-likeness (QED) is 0.880. The molecule has 0 saturated heterocycles. The number of anilines is 1. The number of carbonyl (C=O) groups is 1. The molecule has 0 saturated carbocycles. The lowest BCUT2D eigenvalue weighted by Crippen LogP contribution is -2.26. The van der Waals surface area contributed by atoms with E-state index in [1.807, 2.05) is 23.3 Å². The number of carboxylic acid groups (broad SMARTS) is 1. The Balaban J connectivity index is 2.29. The van der Waals surface area contributed by atoms with Gasteiger partial charge in [0.05, 0.1) is 16.6 Å². The molecule has 0 amide bonds. The van der Waals surface area contributed by atoms with Crippen LogP contribution < -0.4 is 4.90 Å². The van der Waals surface area contributed by atoms with Gasteiger partial charge in [-0.3, -0.25) is 4.79 Å². The molecular weight excluding hydrogens is 238 g/mol. The molecule has 2 heterocycles. The first-order valence-corrected chi connectivity index (χ1v) is 6.25. The third kappa shape index (κ3) is 2.52. The van der Waals surface area contributed by atoms with Crippen LogP contribution in [0.3, 0.4) is 0 Å². The highest BCUT2D eigenvalue weighted by Crippen LogP contribution is 2.27. The summed E-state index contributed by atoms with van der Waals surface area (Å²) in [7, 11) is 0. The maximum absolute atomic E-state index is 10.6. The zero-order chi connectivity index (χ0) is 12.3. The van der Waals surface area contributed by atoms with Crippen molar-refractivity contribution in [1.29, 1.82) is 0 Å². The fourth-order valence-corrected chi connectivity index (χ4v) is 2.51. The Labute approximate surface area is 103 Å². The summed E-state index contributed by atoms with van der Waals surface area (Å²) in [6, 6.07) is 1.94. The average molecular weight is 251 g/mol. The molecule has 0 atom stereocenters. The molecule has 0 spiro atoms. The molecule has 2 aromatic rings. The average Bonchev–Trinajstić information content (AvgIpc) is 2.78. The van der Waals surface area contributed by atoms with E-state index in [0.717, 1.165) is 22.6 Å². The van der Waals surface area contributed by atoms with Crippen molar-refractivity contribution < 1.29 is 9.90 Å². The van der Waals surface area contributed by atoms with E-state index in [4.69, 9.17) is 5.11 Å². The number of thiophene rings is 1. The molecule has 0 fully saturated rings. The molecule has 0 aliphatic heterocycles. The molecule has 90 valence electrons. The van der Waals surface area contributed by atoms with Crippen molar-refractivity contribution in [2.24, 2.45) is 0 Å². The van der Waals surface area contributed by atoms with Crippen molar-refractivity contribution in [3.05, 3.63) is 17.8 Å². The lowest BCUT2D eigenvalue weighted by molar-refractivity contribution is -0.136. The van der Waals surface area contributed by atoms with Gasteiger partial charge in [0.2, 0.25) is 0 Å². The monoisotopic (exact) mass is 251 g/mol. The van der Waals surface area contributed by atoms with E-state index in [1.165, 1.54) is 6.33 Å². The number of fused-ring (bicyclic) bond motifs is 1. The Morgan fingerprint density at radius 1 is 1.53 bits per heavy atom. The van der Waals surface area contributed by atoms with Crippen LogP contribution in [0.1, 0.15) is 13.3 Å². The third-order valence-electron chi connectivity index (χ3n) is 2.50. The Morgan fingerprint density at radius 3 is 3.06 bits per heavy atom. The fourth-order valence-electron chi connectivity index (χ4n) is 1.65. The van der Waals surface area contributed by atoms with Gasteiger partial charge < -0.3 is 10.0 Å². The van der Waals surface area contributed by atoms with Crippen LogP contribution in [0.2, 0.25) is 0 Å². The zero-order valence-electron chi connectivity index (χ0n) is 9.46. The van der Waals surface area contributed by atoms with Crippen LogP contribution >= 0.6 is 11.3 Å². The first-order chi connectivity index (χ1) is 8.22. The van der Waals surface area contributed by atoms with Gasteiger partial charge in [-0.05, 0) is 18.4 Å². The molecule has 5 nitrogen and oxygen atoms in total. The first kappa shape index (κ1) is 11.8. The lowest BCUT2D eigenvalue weighted by Gasteiger charge is -2.21. The lowest BCUT2D eigenvalue weighted by atomic mass is 10.3. The molecule has 0 radical (unpaired) electrons. The second-order valence-corrected chi connectivity index (χ2v) is 4.47. The maximum atomic E-state index is 10.6. The summed E-state index contributed by atoms with van der Waals surface area (Å²) in [4.78, 5) is 21.0. The van der Waals surface area contributed by atoms with E-state index in [1.54, 1.807) is 11.3 Å². The van der Waals surface area contributed by atoms with Gasteiger partial charge in [-0.25, -0.2) is 9.97 Å². The van der Waals surface area contributed by atoms with Crippen LogP contribution in [0, 0.1) is 0 Å². The summed E-state index contributed by atoms with van der Waals surface area (Å²) in [5.74, 6) is 0.0358. The van der Waals surface area contributed by atoms with E-state index in [-0.39, 0.29) is 6.42 Å². The van der Waals surface area contributed by atoms with Gasteiger partial charge in [0, 0.05) is 13.1 Å². The standard InChI is InChI=1S/C11H13N3O2S/c1-2-14(5-3-9(15)16)11-10-8(4-6-17-10)12-7-13-11/h4,6-7H,2-3,5H2,1H3,(H,15,16). The minimum atomic E-state index is -0.792. The van der Waals surface area contributed by atoms with Crippen LogP contribution in [-0.2, 0) is 4.79 Å². The highest BCUT2D eigenvalue weighted by Gasteiger charge is 2.12. The molecule has 2 rings (SSSR count). The minimum Gasteiger partial charge on any atom is -0.481 e. The van der Waals surface area contributed by atoms with Gasteiger partial charge in [-0.15, -0.1) is 11.3 Å². The van der Waals surface area contributed by atoms with E-state index in [2.05, 4.69) is 9.97 Å². The molecule has 17 heavy (non-hydrogen) atoms. The Kier molecular flexibility index (Phi) is 3.53. The molecule has 0 aliphatic carbocycles. The van der Waals surface area contributed by atoms with Crippen molar-refractivity contribution in [2.75, 3.05) is 18.0 Å². The molecule has 6 heteroatoms. The van der Waals surface area contributed by atoms with Gasteiger partial charge in [-0.1, -0.05) is 0 Å². The van der Waals surface area contributed by atoms with Gasteiger partial charge in [0.15, 0.2) is 0 Å². The molecular formula is C11H13N3O2S. The molecule has 0 unspecified atom stereocenters.